The van der Waals surface area contributed by atoms with Gasteiger partial charge in [-0.3, -0.25) is 0 Å². The van der Waals surface area contributed by atoms with Crippen LogP contribution in [0.1, 0.15) is 60.3 Å². The van der Waals surface area contributed by atoms with E-state index in [1.807, 2.05) is 0 Å². The molecule has 78 valence electrons. The summed E-state index contributed by atoms with van der Waals surface area (Å²) in [6.07, 6.45) is 7.70. The van der Waals surface area contributed by atoms with E-state index in [0.717, 1.165) is 11.8 Å². The SMILES string of the molecule is CC=C(CCCCC)C(C)C(C)C. The third-order valence-corrected chi connectivity index (χ3v) is 3.02. The van der Waals surface area contributed by atoms with Gasteiger partial charge in [-0.05, 0) is 31.6 Å². The first-order chi connectivity index (χ1) is 6.13. The molecule has 0 aromatic carbocycles. The Kier molecular flexibility index (Phi) is 7.03. The zero-order valence-corrected chi connectivity index (χ0v) is 10.1. The van der Waals surface area contributed by atoms with Gasteiger partial charge in [0, 0.05) is 0 Å². The normalized spacial score (nSPS) is 15.1. The second-order valence-electron chi connectivity index (χ2n) is 4.35. The maximum Gasteiger partial charge on any atom is -0.0209 e. The van der Waals surface area contributed by atoms with Crippen molar-refractivity contribution in [2.24, 2.45) is 11.8 Å². The standard InChI is InChI=1S/C13H26/c1-6-8-9-10-13(7-2)12(5)11(3)4/h7,11-12H,6,8-10H2,1-5H3. The zero-order chi connectivity index (χ0) is 10.3. The van der Waals surface area contributed by atoms with Crippen LogP contribution in [0.2, 0.25) is 0 Å². The van der Waals surface area contributed by atoms with Crippen molar-refractivity contribution in [1.29, 1.82) is 0 Å². The molecular formula is C13H26. The summed E-state index contributed by atoms with van der Waals surface area (Å²) in [5.41, 5.74) is 1.66. The lowest BCUT2D eigenvalue weighted by Crippen LogP contribution is -2.07. The van der Waals surface area contributed by atoms with Gasteiger partial charge in [0.05, 0.1) is 0 Å². The first kappa shape index (κ1) is 12.7. The summed E-state index contributed by atoms with van der Waals surface area (Å²) in [5.74, 6) is 1.55. The molecule has 0 N–H and O–H groups in total. The minimum atomic E-state index is 0.766. The van der Waals surface area contributed by atoms with Crippen molar-refractivity contribution in [3.05, 3.63) is 11.6 Å². The fraction of sp³-hybridized carbons (Fsp3) is 0.846. The van der Waals surface area contributed by atoms with Gasteiger partial charge in [-0.2, -0.15) is 0 Å². The number of allylic oxidation sites excluding steroid dienone is 2. The van der Waals surface area contributed by atoms with E-state index in [9.17, 15) is 0 Å². The van der Waals surface area contributed by atoms with Crippen LogP contribution in [-0.4, -0.2) is 0 Å². The Bertz CT molecular complexity index is 142. The predicted octanol–water partition coefficient (Wildman–Crippen LogP) is 4.81. The number of rotatable bonds is 6. The van der Waals surface area contributed by atoms with Crippen LogP contribution in [0.3, 0.4) is 0 Å². The van der Waals surface area contributed by atoms with Gasteiger partial charge in [-0.15, -0.1) is 0 Å². The molecule has 1 unspecified atom stereocenters. The summed E-state index contributed by atoms with van der Waals surface area (Å²) in [7, 11) is 0. The minimum Gasteiger partial charge on any atom is -0.0882 e. The van der Waals surface area contributed by atoms with Crippen LogP contribution in [-0.2, 0) is 0 Å². The quantitative estimate of drug-likeness (QED) is 0.408. The molecule has 0 heterocycles. The highest BCUT2D eigenvalue weighted by Crippen LogP contribution is 2.24. The molecule has 0 rings (SSSR count). The molecule has 0 spiro atoms. The second kappa shape index (κ2) is 7.17. The molecule has 0 saturated carbocycles. The Morgan fingerprint density at radius 2 is 1.77 bits per heavy atom. The Morgan fingerprint density at radius 3 is 2.15 bits per heavy atom. The van der Waals surface area contributed by atoms with Crippen molar-refractivity contribution < 1.29 is 0 Å². The van der Waals surface area contributed by atoms with Crippen molar-refractivity contribution in [2.45, 2.75) is 60.3 Å². The highest BCUT2D eigenvalue weighted by Gasteiger charge is 2.11. The maximum absolute atomic E-state index is 2.35. The average Bonchev–Trinajstić information content (AvgIpc) is 2.11. The number of hydrogen-bond acceptors (Lipinski definition) is 0. The maximum atomic E-state index is 2.35. The number of hydrogen-bond donors (Lipinski definition) is 0. The molecule has 13 heavy (non-hydrogen) atoms. The molecule has 0 fully saturated rings. The van der Waals surface area contributed by atoms with E-state index in [4.69, 9.17) is 0 Å². The van der Waals surface area contributed by atoms with Crippen LogP contribution < -0.4 is 0 Å². The lowest BCUT2D eigenvalue weighted by Gasteiger charge is -2.19. The Hall–Kier alpha value is -0.260. The van der Waals surface area contributed by atoms with Crippen LogP contribution in [0.25, 0.3) is 0 Å². The number of unbranched alkanes of at least 4 members (excludes halogenated alkanes) is 2. The van der Waals surface area contributed by atoms with Crippen molar-refractivity contribution in [2.75, 3.05) is 0 Å². The molecule has 0 aliphatic carbocycles. The monoisotopic (exact) mass is 182 g/mol. The van der Waals surface area contributed by atoms with Gasteiger partial charge in [0.15, 0.2) is 0 Å². The Morgan fingerprint density at radius 1 is 1.15 bits per heavy atom. The molecule has 0 aliphatic rings. The Balaban J connectivity index is 3.90. The van der Waals surface area contributed by atoms with Crippen LogP contribution in [0.5, 0.6) is 0 Å². The van der Waals surface area contributed by atoms with Gasteiger partial charge in [-0.25, -0.2) is 0 Å². The van der Waals surface area contributed by atoms with E-state index in [-0.39, 0.29) is 0 Å². The van der Waals surface area contributed by atoms with E-state index >= 15 is 0 Å². The summed E-state index contributed by atoms with van der Waals surface area (Å²) in [4.78, 5) is 0. The molecular weight excluding hydrogens is 156 g/mol. The average molecular weight is 182 g/mol. The lowest BCUT2D eigenvalue weighted by molar-refractivity contribution is 0.460. The van der Waals surface area contributed by atoms with Crippen molar-refractivity contribution >= 4 is 0 Å². The fourth-order valence-corrected chi connectivity index (χ4v) is 1.64. The van der Waals surface area contributed by atoms with Crippen LogP contribution in [0, 0.1) is 11.8 Å². The van der Waals surface area contributed by atoms with Gasteiger partial charge >= 0.3 is 0 Å². The molecule has 0 aromatic rings. The van der Waals surface area contributed by atoms with Gasteiger partial charge < -0.3 is 0 Å². The largest absolute Gasteiger partial charge is 0.0882 e. The molecule has 0 radical (unpaired) electrons. The smallest absolute Gasteiger partial charge is 0.0209 e. The predicted molar refractivity (Wildman–Crippen MR) is 61.9 cm³/mol. The van der Waals surface area contributed by atoms with Gasteiger partial charge in [0.2, 0.25) is 0 Å². The first-order valence-corrected chi connectivity index (χ1v) is 5.78. The molecule has 0 aliphatic heterocycles. The van der Waals surface area contributed by atoms with Gasteiger partial charge in [0.25, 0.3) is 0 Å². The third-order valence-electron chi connectivity index (χ3n) is 3.02. The van der Waals surface area contributed by atoms with Crippen molar-refractivity contribution in [3.8, 4) is 0 Å². The highest BCUT2D eigenvalue weighted by atomic mass is 14.2. The van der Waals surface area contributed by atoms with E-state index in [2.05, 4.69) is 40.7 Å². The molecule has 0 heteroatoms. The summed E-state index contributed by atoms with van der Waals surface area (Å²) in [5, 5.41) is 0. The van der Waals surface area contributed by atoms with E-state index < -0.39 is 0 Å². The highest BCUT2D eigenvalue weighted by molar-refractivity contribution is 5.05. The lowest BCUT2D eigenvalue weighted by atomic mass is 9.87. The molecule has 0 bridgehead atoms. The van der Waals surface area contributed by atoms with Crippen LogP contribution in [0.15, 0.2) is 11.6 Å². The zero-order valence-electron chi connectivity index (χ0n) is 10.1. The summed E-state index contributed by atoms with van der Waals surface area (Å²) < 4.78 is 0. The van der Waals surface area contributed by atoms with Crippen LogP contribution >= 0.6 is 0 Å². The van der Waals surface area contributed by atoms with Gasteiger partial charge in [0.1, 0.15) is 0 Å². The van der Waals surface area contributed by atoms with E-state index in [1.165, 1.54) is 25.7 Å². The summed E-state index contributed by atoms with van der Waals surface area (Å²) in [6, 6.07) is 0. The minimum absolute atomic E-state index is 0.766. The first-order valence-electron chi connectivity index (χ1n) is 5.78. The molecule has 0 nitrogen and oxygen atoms in total. The second-order valence-corrected chi connectivity index (χ2v) is 4.35. The third kappa shape index (κ3) is 5.13. The molecule has 0 amide bonds. The topological polar surface area (TPSA) is 0 Å². The summed E-state index contributed by atoms with van der Waals surface area (Å²) in [6.45, 7) is 11.4. The van der Waals surface area contributed by atoms with Crippen LogP contribution in [0.4, 0.5) is 0 Å². The van der Waals surface area contributed by atoms with Crippen molar-refractivity contribution in [1.82, 2.24) is 0 Å². The van der Waals surface area contributed by atoms with Gasteiger partial charge in [-0.1, -0.05) is 52.2 Å². The molecule has 0 aromatic heterocycles. The summed E-state index contributed by atoms with van der Waals surface area (Å²) >= 11 is 0. The fourth-order valence-electron chi connectivity index (χ4n) is 1.64. The van der Waals surface area contributed by atoms with Crippen molar-refractivity contribution in [3.63, 3.8) is 0 Å². The Labute approximate surface area is 84.4 Å². The molecule has 1 atom stereocenters. The van der Waals surface area contributed by atoms with E-state index in [0.29, 0.717) is 0 Å². The molecule has 0 saturated heterocycles. The van der Waals surface area contributed by atoms with E-state index in [1.54, 1.807) is 5.57 Å².